The van der Waals surface area contributed by atoms with Crippen LogP contribution in [0.3, 0.4) is 0 Å². The molecular weight excluding hydrogens is 378 g/mol. The van der Waals surface area contributed by atoms with Gasteiger partial charge in [0, 0.05) is 12.1 Å². The lowest BCUT2D eigenvalue weighted by Crippen LogP contribution is -2.24. The predicted molar refractivity (Wildman–Crippen MR) is 104 cm³/mol. The van der Waals surface area contributed by atoms with Gasteiger partial charge in [0.1, 0.15) is 0 Å². The van der Waals surface area contributed by atoms with Gasteiger partial charge in [0.2, 0.25) is 0 Å². The van der Waals surface area contributed by atoms with E-state index < -0.39 is 17.9 Å². The lowest BCUT2D eigenvalue weighted by Gasteiger charge is -2.10. The highest BCUT2D eigenvalue weighted by Crippen LogP contribution is 2.19. The number of carbonyl (C=O) groups is 4. The minimum atomic E-state index is -1.17. The van der Waals surface area contributed by atoms with E-state index in [0.29, 0.717) is 36.9 Å². The average molecular weight is 399 g/mol. The SMILES string of the molecule is Cc1c(C(=O)O)cc(CCCCNC(=O)c2ccc(C(=O)O)cc2)cc1C(=O)O. The van der Waals surface area contributed by atoms with Gasteiger partial charge >= 0.3 is 17.9 Å². The summed E-state index contributed by atoms with van der Waals surface area (Å²) in [6, 6.07) is 8.54. The van der Waals surface area contributed by atoms with Crippen molar-refractivity contribution in [1.82, 2.24) is 5.32 Å². The Hall–Kier alpha value is -3.68. The molecule has 0 radical (unpaired) electrons. The molecule has 4 N–H and O–H groups in total. The van der Waals surface area contributed by atoms with Crippen LogP contribution in [0.15, 0.2) is 36.4 Å². The number of nitrogens with one attached hydrogen (secondary N) is 1. The molecule has 0 saturated heterocycles. The summed E-state index contributed by atoms with van der Waals surface area (Å²) < 4.78 is 0. The first-order valence-corrected chi connectivity index (χ1v) is 8.92. The summed E-state index contributed by atoms with van der Waals surface area (Å²) in [6.07, 6.45) is 1.71. The van der Waals surface area contributed by atoms with E-state index in [-0.39, 0.29) is 28.2 Å². The van der Waals surface area contributed by atoms with Crippen LogP contribution in [-0.4, -0.2) is 45.7 Å². The summed E-state index contributed by atoms with van der Waals surface area (Å²) in [5.41, 5.74) is 1.22. The molecule has 0 atom stereocenters. The number of hydrogen-bond acceptors (Lipinski definition) is 4. The second kappa shape index (κ2) is 9.50. The summed E-state index contributed by atoms with van der Waals surface area (Å²) >= 11 is 0. The second-order valence-electron chi connectivity index (χ2n) is 6.52. The fourth-order valence-corrected chi connectivity index (χ4v) is 2.88. The summed E-state index contributed by atoms with van der Waals surface area (Å²) in [7, 11) is 0. The van der Waals surface area contributed by atoms with Crippen molar-refractivity contribution in [2.75, 3.05) is 6.54 Å². The average Bonchev–Trinajstić information content (AvgIpc) is 2.68. The van der Waals surface area contributed by atoms with Gasteiger partial charge in [-0.1, -0.05) is 0 Å². The van der Waals surface area contributed by atoms with Crippen LogP contribution >= 0.6 is 0 Å². The molecule has 0 fully saturated rings. The van der Waals surface area contributed by atoms with Crippen molar-refractivity contribution in [3.05, 3.63) is 69.8 Å². The van der Waals surface area contributed by atoms with Gasteiger partial charge in [-0.3, -0.25) is 4.79 Å². The summed E-state index contributed by atoms with van der Waals surface area (Å²) in [6.45, 7) is 1.85. The first-order chi connectivity index (χ1) is 13.7. The summed E-state index contributed by atoms with van der Waals surface area (Å²) in [5, 5.41) is 30.1. The Labute approximate surface area is 166 Å². The van der Waals surface area contributed by atoms with E-state index in [1.54, 1.807) is 0 Å². The Morgan fingerprint density at radius 2 is 1.31 bits per heavy atom. The maximum absolute atomic E-state index is 12.0. The zero-order chi connectivity index (χ0) is 21.6. The number of aryl methyl sites for hydroxylation is 1. The molecule has 0 aliphatic heterocycles. The van der Waals surface area contributed by atoms with Crippen LogP contribution in [0.5, 0.6) is 0 Å². The molecular formula is C21H21NO7. The lowest BCUT2D eigenvalue weighted by molar-refractivity contribution is 0.0681. The highest BCUT2D eigenvalue weighted by atomic mass is 16.4. The third kappa shape index (κ3) is 5.65. The molecule has 1 amide bonds. The standard InChI is InChI=1S/C21H21NO7/c1-12-16(20(26)27)10-13(11-17(12)21(28)29)4-2-3-9-22-18(23)14-5-7-15(8-6-14)19(24)25/h5-8,10-11H,2-4,9H2,1H3,(H,22,23)(H,24,25)(H,26,27)(H,28,29). The van der Waals surface area contributed by atoms with Crippen molar-refractivity contribution in [2.24, 2.45) is 0 Å². The minimum Gasteiger partial charge on any atom is -0.478 e. The van der Waals surface area contributed by atoms with Gasteiger partial charge in [-0.2, -0.15) is 0 Å². The van der Waals surface area contributed by atoms with Crippen molar-refractivity contribution in [3.63, 3.8) is 0 Å². The fraction of sp³-hybridized carbons (Fsp3) is 0.238. The number of aromatic carboxylic acids is 3. The van der Waals surface area contributed by atoms with E-state index >= 15 is 0 Å². The topological polar surface area (TPSA) is 141 Å². The van der Waals surface area contributed by atoms with Crippen molar-refractivity contribution in [2.45, 2.75) is 26.2 Å². The monoisotopic (exact) mass is 399 g/mol. The molecule has 0 heterocycles. The Balaban J connectivity index is 1.89. The number of benzene rings is 2. The molecule has 0 aliphatic rings. The minimum absolute atomic E-state index is 0.0296. The van der Waals surface area contributed by atoms with Crippen molar-refractivity contribution < 1.29 is 34.5 Å². The summed E-state index contributed by atoms with van der Waals surface area (Å²) in [5.74, 6) is -3.73. The number of unbranched alkanes of at least 4 members (excludes halogenated alkanes) is 1. The second-order valence-corrected chi connectivity index (χ2v) is 6.52. The van der Waals surface area contributed by atoms with Crippen LogP contribution in [0.4, 0.5) is 0 Å². The number of carboxylic acid groups (broad SMARTS) is 3. The zero-order valence-corrected chi connectivity index (χ0v) is 15.8. The highest BCUT2D eigenvalue weighted by molar-refractivity contribution is 5.97. The van der Waals surface area contributed by atoms with Crippen LogP contribution in [0.2, 0.25) is 0 Å². The van der Waals surface area contributed by atoms with Gasteiger partial charge in [-0.05, 0) is 73.7 Å². The van der Waals surface area contributed by atoms with E-state index in [1.807, 2.05) is 0 Å². The molecule has 0 spiro atoms. The Bertz CT molecular complexity index is 913. The fourth-order valence-electron chi connectivity index (χ4n) is 2.88. The van der Waals surface area contributed by atoms with E-state index in [9.17, 15) is 29.4 Å². The van der Waals surface area contributed by atoms with Crippen LogP contribution in [0.25, 0.3) is 0 Å². The van der Waals surface area contributed by atoms with Gasteiger partial charge < -0.3 is 20.6 Å². The molecule has 2 aromatic rings. The molecule has 0 unspecified atom stereocenters. The summed E-state index contributed by atoms with van der Waals surface area (Å²) in [4.78, 5) is 45.5. The van der Waals surface area contributed by atoms with Crippen LogP contribution in [0.1, 0.15) is 65.4 Å². The number of hydrogen-bond donors (Lipinski definition) is 4. The predicted octanol–water partition coefficient (Wildman–Crippen LogP) is 2.84. The molecule has 0 bridgehead atoms. The van der Waals surface area contributed by atoms with E-state index in [4.69, 9.17) is 5.11 Å². The van der Waals surface area contributed by atoms with Gasteiger partial charge in [0.25, 0.3) is 5.91 Å². The third-order valence-corrected chi connectivity index (χ3v) is 4.50. The normalized spacial score (nSPS) is 10.4. The third-order valence-electron chi connectivity index (χ3n) is 4.50. The van der Waals surface area contributed by atoms with Gasteiger partial charge in [-0.25, -0.2) is 14.4 Å². The smallest absolute Gasteiger partial charge is 0.335 e. The molecule has 8 heteroatoms. The quantitative estimate of drug-likeness (QED) is 0.475. The van der Waals surface area contributed by atoms with Gasteiger partial charge in [-0.15, -0.1) is 0 Å². The number of amides is 1. The molecule has 29 heavy (non-hydrogen) atoms. The van der Waals surface area contributed by atoms with Crippen molar-refractivity contribution >= 4 is 23.8 Å². The lowest BCUT2D eigenvalue weighted by atomic mass is 9.96. The number of rotatable bonds is 9. The molecule has 2 aromatic carbocycles. The van der Waals surface area contributed by atoms with Gasteiger partial charge in [0.15, 0.2) is 0 Å². The zero-order valence-electron chi connectivity index (χ0n) is 15.8. The Morgan fingerprint density at radius 3 is 1.79 bits per heavy atom. The Morgan fingerprint density at radius 1 is 0.793 bits per heavy atom. The first-order valence-electron chi connectivity index (χ1n) is 8.92. The number of carboxylic acids is 3. The molecule has 8 nitrogen and oxygen atoms in total. The van der Waals surface area contributed by atoms with E-state index in [0.717, 1.165) is 0 Å². The number of carbonyl (C=O) groups excluding carboxylic acids is 1. The molecule has 0 aromatic heterocycles. The molecule has 0 aliphatic carbocycles. The maximum atomic E-state index is 12.0. The molecule has 152 valence electrons. The van der Waals surface area contributed by atoms with E-state index in [1.165, 1.54) is 43.3 Å². The van der Waals surface area contributed by atoms with Crippen LogP contribution in [-0.2, 0) is 6.42 Å². The maximum Gasteiger partial charge on any atom is 0.335 e. The Kier molecular flexibility index (Phi) is 7.08. The first kappa shape index (κ1) is 21.6. The molecule has 0 saturated carbocycles. The largest absolute Gasteiger partial charge is 0.478 e. The van der Waals surface area contributed by atoms with Crippen molar-refractivity contribution in [1.29, 1.82) is 0 Å². The van der Waals surface area contributed by atoms with Gasteiger partial charge in [0.05, 0.1) is 16.7 Å². The highest BCUT2D eigenvalue weighted by Gasteiger charge is 2.17. The van der Waals surface area contributed by atoms with Crippen LogP contribution in [0, 0.1) is 6.92 Å². The van der Waals surface area contributed by atoms with Crippen LogP contribution < -0.4 is 5.32 Å². The van der Waals surface area contributed by atoms with Crippen molar-refractivity contribution in [3.8, 4) is 0 Å². The van der Waals surface area contributed by atoms with E-state index in [2.05, 4.69) is 5.32 Å². The molecule has 2 rings (SSSR count).